The number of nitrogens with zero attached hydrogens (tertiary/aromatic N) is 1. The van der Waals surface area contributed by atoms with Crippen molar-refractivity contribution in [2.75, 3.05) is 13.2 Å². The van der Waals surface area contributed by atoms with Crippen molar-refractivity contribution in [3.8, 4) is 0 Å². The third kappa shape index (κ3) is 4.50. The Morgan fingerprint density at radius 2 is 2.29 bits per heavy atom. The van der Waals surface area contributed by atoms with Crippen molar-refractivity contribution in [1.29, 1.82) is 0 Å². The molecule has 1 heterocycles. The molecule has 0 spiro atoms. The highest BCUT2D eigenvalue weighted by Crippen LogP contribution is 2.19. The number of carbonyl (C=O) groups excluding carboxylic acids is 1. The molecule has 1 rings (SSSR count). The van der Waals surface area contributed by atoms with E-state index in [0.717, 1.165) is 0 Å². The van der Waals surface area contributed by atoms with E-state index in [2.05, 4.69) is 10.3 Å². The lowest BCUT2D eigenvalue weighted by Crippen LogP contribution is -2.35. The molecule has 1 aromatic heterocycles. The molecule has 1 N–H and O–H groups in total. The number of pyridine rings is 1. The number of aromatic nitrogens is 1. The monoisotopic (exact) mass is 276 g/mol. The molecule has 1 amide bonds. The van der Waals surface area contributed by atoms with E-state index in [1.807, 2.05) is 13.8 Å². The fourth-order valence-electron chi connectivity index (χ4n) is 1.19. The van der Waals surface area contributed by atoms with E-state index in [-0.39, 0.29) is 22.1 Å². The zero-order valence-corrected chi connectivity index (χ0v) is 11.2. The normalized spacial score (nSPS) is 12.2. The first-order valence-electron chi connectivity index (χ1n) is 5.24. The molecule has 0 radical (unpaired) electrons. The molecule has 0 aliphatic rings. The Balaban J connectivity index is 2.60. The Kier molecular flexibility index (Phi) is 5.68. The molecular formula is C11H14Cl2N2O2. The summed E-state index contributed by atoms with van der Waals surface area (Å²) in [6.45, 7) is 4.85. The zero-order chi connectivity index (χ0) is 12.8. The molecule has 0 bridgehead atoms. The van der Waals surface area contributed by atoms with Crippen molar-refractivity contribution in [2.45, 2.75) is 19.9 Å². The van der Waals surface area contributed by atoms with Gasteiger partial charge in [0.05, 0.1) is 17.2 Å². The van der Waals surface area contributed by atoms with Crippen LogP contribution in [0, 0.1) is 0 Å². The highest BCUT2D eigenvalue weighted by molar-refractivity contribution is 6.41. The van der Waals surface area contributed by atoms with Gasteiger partial charge in [-0.3, -0.25) is 4.79 Å². The maximum atomic E-state index is 11.8. The Morgan fingerprint density at radius 1 is 1.59 bits per heavy atom. The van der Waals surface area contributed by atoms with Crippen LogP contribution in [0.2, 0.25) is 10.2 Å². The van der Waals surface area contributed by atoms with Crippen molar-refractivity contribution in [2.24, 2.45) is 0 Å². The second-order valence-electron chi connectivity index (χ2n) is 3.53. The predicted octanol–water partition coefficient (Wildman–Crippen LogP) is 2.54. The number of hydrogen-bond acceptors (Lipinski definition) is 3. The van der Waals surface area contributed by atoms with Gasteiger partial charge in [0.1, 0.15) is 5.15 Å². The van der Waals surface area contributed by atoms with E-state index in [1.165, 1.54) is 12.3 Å². The summed E-state index contributed by atoms with van der Waals surface area (Å²) in [5, 5.41) is 3.22. The van der Waals surface area contributed by atoms with Crippen LogP contribution in [0.4, 0.5) is 0 Å². The molecule has 1 unspecified atom stereocenters. The molecule has 94 valence electrons. The molecule has 0 saturated carbocycles. The van der Waals surface area contributed by atoms with Crippen LogP contribution in [0.15, 0.2) is 12.3 Å². The van der Waals surface area contributed by atoms with Gasteiger partial charge in [0, 0.05) is 18.8 Å². The van der Waals surface area contributed by atoms with Gasteiger partial charge in [-0.25, -0.2) is 4.98 Å². The summed E-state index contributed by atoms with van der Waals surface area (Å²) >= 11 is 11.4. The van der Waals surface area contributed by atoms with Gasteiger partial charge in [-0.15, -0.1) is 0 Å². The Hall–Kier alpha value is -0.840. The van der Waals surface area contributed by atoms with Crippen molar-refractivity contribution >= 4 is 29.1 Å². The van der Waals surface area contributed by atoms with Crippen LogP contribution in [0.5, 0.6) is 0 Å². The molecule has 0 aromatic carbocycles. The van der Waals surface area contributed by atoms with Crippen LogP contribution in [-0.2, 0) is 4.74 Å². The van der Waals surface area contributed by atoms with E-state index in [4.69, 9.17) is 27.9 Å². The fourth-order valence-corrected chi connectivity index (χ4v) is 1.46. The number of carbonyl (C=O) groups is 1. The first kappa shape index (κ1) is 14.2. The van der Waals surface area contributed by atoms with Crippen LogP contribution >= 0.6 is 23.2 Å². The zero-order valence-electron chi connectivity index (χ0n) is 9.67. The summed E-state index contributed by atoms with van der Waals surface area (Å²) in [5.74, 6) is -0.247. The summed E-state index contributed by atoms with van der Waals surface area (Å²) in [7, 11) is 0. The standard InChI is InChI=1S/C11H14Cl2N2O2/c1-3-17-6-7(2)15-11(16)8-4-9(12)10(13)14-5-8/h4-5,7H,3,6H2,1-2H3,(H,15,16). The lowest BCUT2D eigenvalue weighted by atomic mass is 10.2. The van der Waals surface area contributed by atoms with Gasteiger partial charge in [0.25, 0.3) is 5.91 Å². The Labute approximate surface area is 110 Å². The highest BCUT2D eigenvalue weighted by atomic mass is 35.5. The molecule has 6 heteroatoms. The summed E-state index contributed by atoms with van der Waals surface area (Å²) in [4.78, 5) is 15.6. The smallest absolute Gasteiger partial charge is 0.253 e. The van der Waals surface area contributed by atoms with Gasteiger partial charge >= 0.3 is 0 Å². The molecule has 0 aliphatic carbocycles. The molecule has 0 fully saturated rings. The maximum absolute atomic E-state index is 11.8. The van der Waals surface area contributed by atoms with Crippen LogP contribution in [0.3, 0.4) is 0 Å². The maximum Gasteiger partial charge on any atom is 0.253 e. The summed E-state index contributed by atoms with van der Waals surface area (Å²) in [5.41, 5.74) is 0.378. The van der Waals surface area contributed by atoms with Gasteiger partial charge < -0.3 is 10.1 Å². The Morgan fingerprint density at radius 3 is 2.88 bits per heavy atom. The molecule has 0 aliphatic heterocycles. The largest absolute Gasteiger partial charge is 0.380 e. The number of halogens is 2. The molecule has 4 nitrogen and oxygen atoms in total. The molecule has 0 saturated heterocycles. The SMILES string of the molecule is CCOCC(C)NC(=O)c1cnc(Cl)c(Cl)c1. The van der Waals surface area contributed by atoms with Crippen LogP contribution in [0.25, 0.3) is 0 Å². The molecule has 1 atom stereocenters. The minimum atomic E-state index is -0.247. The van der Waals surface area contributed by atoms with Crippen molar-refractivity contribution in [3.05, 3.63) is 28.0 Å². The van der Waals surface area contributed by atoms with Gasteiger partial charge in [0.2, 0.25) is 0 Å². The number of hydrogen-bond donors (Lipinski definition) is 1. The summed E-state index contributed by atoms with van der Waals surface area (Å²) in [6, 6.07) is 1.41. The van der Waals surface area contributed by atoms with Gasteiger partial charge in [-0.05, 0) is 19.9 Å². The van der Waals surface area contributed by atoms with Gasteiger partial charge in [-0.2, -0.15) is 0 Å². The van der Waals surface area contributed by atoms with E-state index in [9.17, 15) is 4.79 Å². The minimum Gasteiger partial charge on any atom is -0.380 e. The lowest BCUT2D eigenvalue weighted by Gasteiger charge is -2.13. The number of rotatable bonds is 5. The number of ether oxygens (including phenoxy) is 1. The van der Waals surface area contributed by atoms with E-state index in [1.54, 1.807) is 0 Å². The third-order valence-corrected chi connectivity index (χ3v) is 2.69. The van der Waals surface area contributed by atoms with Gasteiger partial charge in [-0.1, -0.05) is 23.2 Å². The topological polar surface area (TPSA) is 51.2 Å². The van der Waals surface area contributed by atoms with Crippen molar-refractivity contribution in [3.63, 3.8) is 0 Å². The number of amides is 1. The highest BCUT2D eigenvalue weighted by Gasteiger charge is 2.11. The predicted molar refractivity (Wildman–Crippen MR) is 67.7 cm³/mol. The van der Waals surface area contributed by atoms with Crippen LogP contribution < -0.4 is 5.32 Å². The lowest BCUT2D eigenvalue weighted by molar-refractivity contribution is 0.0871. The summed E-state index contributed by atoms with van der Waals surface area (Å²) < 4.78 is 5.20. The molecule has 17 heavy (non-hydrogen) atoms. The van der Waals surface area contributed by atoms with E-state index < -0.39 is 0 Å². The summed E-state index contributed by atoms with van der Waals surface area (Å²) in [6.07, 6.45) is 1.39. The van der Waals surface area contributed by atoms with Crippen LogP contribution in [-0.4, -0.2) is 30.1 Å². The molecule has 1 aromatic rings. The average molecular weight is 277 g/mol. The molecular weight excluding hydrogens is 263 g/mol. The van der Waals surface area contributed by atoms with E-state index in [0.29, 0.717) is 18.8 Å². The minimum absolute atomic E-state index is 0.0723. The van der Waals surface area contributed by atoms with Crippen LogP contribution in [0.1, 0.15) is 24.2 Å². The Bertz CT molecular complexity index is 399. The fraction of sp³-hybridized carbons (Fsp3) is 0.455. The van der Waals surface area contributed by atoms with Gasteiger partial charge in [0.15, 0.2) is 0 Å². The quantitative estimate of drug-likeness (QED) is 0.841. The number of nitrogens with one attached hydrogen (secondary N) is 1. The third-order valence-electron chi connectivity index (χ3n) is 2.01. The van der Waals surface area contributed by atoms with E-state index >= 15 is 0 Å². The second kappa shape index (κ2) is 6.79. The first-order valence-corrected chi connectivity index (χ1v) is 5.99. The van der Waals surface area contributed by atoms with Crippen molar-refractivity contribution < 1.29 is 9.53 Å². The second-order valence-corrected chi connectivity index (χ2v) is 4.30. The van der Waals surface area contributed by atoms with Crippen molar-refractivity contribution in [1.82, 2.24) is 10.3 Å². The average Bonchev–Trinajstić information content (AvgIpc) is 2.30. The first-order chi connectivity index (χ1) is 8.04.